The van der Waals surface area contributed by atoms with Crippen molar-refractivity contribution in [3.63, 3.8) is 0 Å². The summed E-state index contributed by atoms with van der Waals surface area (Å²) in [6, 6.07) is 6.00. The molecular formula is C10H11Cl. The molecule has 1 aromatic carbocycles. The molecule has 0 unspecified atom stereocenters. The molecule has 0 saturated carbocycles. The Morgan fingerprint density at radius 3 is 2.73 bits per heavy atom. The van der Waals surface area contributed by atoms with E-state index in [2.05, 4.69) is 13.0 Å². The molecule has 0 aliphatic rings. The van der Waals surface area contributed by atoms with Crippen LogP contribution in [-0.4, -0.2) is 0 Å². The van der Waals surface area contributed by atoms with E-state index in [4.69, 9.17) is 11.6 Å². The fourth-order valence-corrected chi connectivity index (χ4v) is 1.15. The predicted molar refractivity (Wildman–Crippen MR) is 50.9 cm³/mol. The van der Waals surface area contributed by atoms with Crippen molar-refractivity contribution in [3.8, 4) is 0 Å². The van der Waals surface area contributed by atoms with E-state index >= 15 is 0 Å². The van der Waals surface area contributed by atoms with Crippen LogP contribution in [0.15, 0.2) is 24.3 Å². The second kappa shape index (κ2) is 3.59. The van der Waals surface area contributed by atoms with Gasteiger partial charge in [-0.25, -0.2) is 0 Å². The van der Waals surface area contributed by atoms with Crippen LogP contribution >= 0.6 is 11.6 Å². The Hall–Kier alpha value is -0.750. The van der Waals surface area contributed by atoms with Crippen LogP contribution in [0.1, 0.15) is 18.1 Å². The van der Waals surface area contributed by atoms with Crippen LogP contribution in [0.3, 0.4) is 0 Å². The van der Waals surface area contributed by atoms with Crippen molar-refractivity contribution < 1.29 is 0 Å². The summed E-state index contributed by atoms with van der Waals surface area (Å²) in [7, 11) is 0. The molecule has 0 N–H and O–H groups in total. The van der Waals surface area contributed by atoms with E-state index in [1.54, 1.807) is 0 Å². The van der Waals surface area contributed by atoms with Gasteiger partial charge in [0.15, 0.2) is 0 Å². The first-order chi connectivity index (χ1) is 5.24. The monoisotopic (exact) mass is 166 g/mol. The summed E-state index contributed by atoms with van der Waals surface area (Å²) in [5.41, 5.74) is 2.33. The average Bonchev–Trinajstić information content (AvgIpc) is 1.98. The fourth-order valence-electron chi connectivity index (χ4n) is 0.970. The van der Waals surface area contributed by atoms with Crippen molar-refractivity contribution in [1.29, 1.82) is 0 Å². The SMILES string of the molecule is C/C=C/c1cc(C)ccc1Cl. The minimum Gasteiger partial charge on any atom is -0.0870 e. The topological polar surface area (TPSA) is 0 Å². The van der Waals surface area contributed by atoms with Gasteiger partial charge in [0.05, 0.1) is 0 Å². The maximum atomic E-state index is 5.92. The van der Waals surface area contributed by atoms with E-state index < -0.39 is 0 Å². The molecule has 0 aliphatic carbocycles. The molecule has 1 rings (SSSR count). The summed E-state index contributed by atoms with van der Waals surface area (Å²) >= 11 is 5.92. The number of aryl methyl sites for hydroxylation is 1. The molecule has 1 heteroatoms. The second-order valence-corrected chi connectivity index (χ2v) is 2.93. The lowest BCUT2D eigenvalue weighted by atomic mass is 10.1. The normalized spacial score (nSPS) is 10.8. The van der Waals surface area contributed by atoms with Crippen LogP contribution in [-0.2, 0) is 0 Å². The van der Waals surface area contributed by atoms with E-state index in [1.807, 2.05) is 31.2 Å². The molecule has 0 amide bonds. The molecular weight excluding hydrogens is 156 g/mol. The number of halogens is 1. The molecule has 0 saturated heterocycles. The van der Waals surface area contributed by atoms with E-state index in [0.717, 1.165) is 10.6 Å². The summed E-state index contributed by atoms with van der Waals surface area (Å²) < 4.78 is 0. The Balaban J connectivity index is 3.12. The summed E-state index contributed by atoms with van der Waals surface area (Å²) in [6.07, 6.45) is 4.00. The van der Waals surface area contributed by atoms with E-state index in [1.165, 1.54) is 5.56 Å². The molecule has 0 bridgehead atoms. The highest BCUT2D eigenvalue weighted by Crippen LogP contribution is 2.18. The molecule has 0 fully saturated rings. The van der Waals surface area contributed by atoms with Gasteiger partial charge in [0.2, 0.25) is 0 Å². The molecule has 0 atom stereocenters. The molecule has 0 aliphatic heterocycles. The van der Waals surface area contributed by atoms with E-state index in [9.17, 15) is 0 Å². The second-order valence-electron chi connectivity index (χ2n) is 2.52. The maximum Gasteiger partial charge on any atom is 0.0478 e. The number of allylic oxidation sites excluding steroid dienone is 1. The smallest absolute Gasteiger partial charge is 0.0478 e. The first-order valence-corrected chi connectivity index (χ1v) is 4.00. The van der Waals surface area contributed by atoms with Crippen LogP contribution in [0.2, 0.25) is 5.02 Å². The Labute approximate surface area is 72.5 Å². The lowest BCUT2D eigenvalue weighted by Crippen LogP contribution is -1.76. The van der Waals surface area contributed by atoms with Crippen LogP contribution in [0.4, 0.5) is 0 Å². The summed E-state index contributed by atoms with van der Waals surface area (Å²) in [5, 5.41) is 0.814. The molecule has 0 nitrogen and oxygen atoms in total. The maximum absolute atomic E-state index is 5.92. The first-order valence-electron chi connectivity index (χ1n) is 3.63. The Kier molecular flexibility index (Phi) is 2.72. The van der Waals surface area contributed by atoms with Gasteiger partial charge in [0.25, 0.3) is 0 Å². The number of benzene rings is 1. The first kappa shape index (κ1) is 8.35. The van der Waals surface area contributed by atoms with E-state index in [-0.39, 0.29) is 0 Å². The van der Waals surface area contributed by atoms with Gasteiger partial charge in [-0.3, -0.25) is 0 Å². The van der Waals surface area contributed by atoms with Crippen LogP contribution in [0, 0.1) is 6.92 Å². The third-order valence-electron chi connectivity index (χ3n) is 1.50. The van der Waals surface area contributed by atoms with Crippen LogP contribution < -0.4 is 0 Å². The number of hydrogen-bond acceptors (Lipinski definition) is 0. The lowest BCUT2D eigenvalue weighted by molar-refractivity contribution is 1.46. The summed E-state index contributed by atoms with van der Waals surface area (Å²) in [6.45, 7) is 4.04. The Bertz CT molecular complexity index is 274. The summed E-state index contributed by atoms with van der Waals surface area (Å²) in [5.74, 6) is 0. The summed E-state index contributed by atoms with van der Waals surface area (Å²) in [4.78, 5) is 0. The van der Waals surface area contributed by atoms with Crippen molar-refractivity contribution >= 4 is 17.7 Å². The third-order valence-corrected chi connectivity index (χ3v) is 1.84. The Morgan fingerprint density at radius 1 is 1.36 bits per heavy atom. The third kappa shape index (κ3) is 2.09. The molecule has 0 aromatic heterocycles. The fraction of sp³-hybridized carbons (Fsp3) is 0.200. The Morgan fingerprint density at radius 2 is 2.09 bits per heavy atom. The van der Waals surface area contributed by atoms with Gasteiger partial charge in [-0.15, -0.1) is 0 Å². The molecule has 0 radical (unpaired) electrons. The van der Waals surface area contributed by atoms with Crippen molar-refractivity contribution in [2.45, 2.75) is 13.8 Å². The van der Waals surface area contributed by atoms with Crippen LogP contribution in [0.25, 0.3) is 6.08 Å². The molecule has 1 aromatic rings. The van der Waals surface area contributed by atoms with Crippen molar-refractivity contribution in [2.75, 3.05) is 0 Å². The molecule has 58 valence electrons. The largest absolute Gasteiger partial charge is 0.0870 e. The predicted octanol–water partition coefficient (Wildman–Crippen LogP) is 3.68. The zero-order chi connectivity index (χ0) is 8.27. The quantitative estimate of drug-likeness (QED) is 0.597. The average molecular weight is 167 g/mol. The molecule has 11 heavy (non-hydrogen) atoms. The van der Waals surface area contributed by atoms with Crippen molar-refractivity contribution in [1.82, 2.24) is 0 Å². The van der Waals surface area contributed by atoms with Crippen molar-refractivity contribution in [2.24, 2.45) is 0 Å². The number of hydrogen-bond donors (Lipinski definition) is 0. The van der Waals surface area contributed by atoms with E-state index in [0.29, 0.717) is 0 Å². The van der Waals surface area contributed by atoms with Gasteiger partial charge in [0, 0.05) is 5.02 Å². The standard InChI is InChI=1S/C10H11Cl/c1-3-4-9-7-8(2)5-6-10(9)11/h3-7H,1-2H3/b4-3+. The van der Waals surface area contributed by atoms with Gasteiger partial charge in [-0.05, 0) is 25.5 Å². The van der Waals surface area contributed by atoms with Crippen molar-refractivity contribution in [3.05, 3.63) is 40.4 Å². The highest BCUT2D eigenvalue weighted by Gasteiger charge is 1.94. The van der Waals surface area contributed by atoms with Crippen LogP contribution in [0.5, 0.6) is 0 Å². The van der Waals surface area contributed by atoms with Gasteiger partial charge >= 0.3 is 0 Å². The highest BCUT2D eigenvalue weighted by molar-refractivity contribution is 6.32. The lowest BCUT2D eigenvalue weighted by Gasteiger charge is -1.98. The van der Waals surface area contributed by atoms with Gasteiger partial charge < -0.3 is 0 Å². The number of rotatable bonds is 1. The van der Waals surface area contributed by atoms with Gasteiger partial charge in [-0.1, -0.05) is 41.4 Å². The van der Waals surface area contributed by atoms with Gasteiger partial charge in [0.1, 0.15) is 0 Å². The zero-order valence-electron chi connectivity index (χ0n) is 6.76. The zero-order valence-corrected chi connectivity index (χ0v) is 7.52. The molecule has 0 spiro atoms. The highest BCUT2D eigenvalue weighted by atomic mass is 35.5. The minimum atomic E-state index is 0.814. The van der Waals surface area contributed by atoms with Gasteiger partial charge in [-0.2, -0.15) is 0 Å². The minimum absolute atomic E-state index is 0.814. The molecule has 0 heterocycles.